The van der Waals surface area contributed by atoms with Gasteiger partial charge in [0.2, 0.25) is 20.7 Å². The SMILES string of the molecule is Cc1ccc2c(c1)N(C)C(O)=C(N=Nc1nnc(CC(C)C)[nH]1)S2(=O)=O. The van der Waals surface area contributed by atoms with Crippen LogP contribution in [0.2, 0.25) is 0 Å². The zero-order chi connectivity index (χ0) is 19.1. The Bertz CT molecular complexity index is 1010. The molecule has 9 nitrogen and oxygen atoms in total. The van der Waals surface area contributed by atoms with Crippen LogP contribution < -0.4 is 4.90 Å². The van der Waals surface area contributed by atoms with E-state index in [4.69, 9.17) is 0 Å². The standard InChI is InChI=1S/C16H20N6O3S/c1-9(2)7-13-17-16(20-18-13)21-19-14-15(23)22(4)11-8-10(3)5-6-12(11)26(14,24)25/h5-6,8-9,23H,7H2,1-4H3,(H,17,18,20). The topological polar surface area (TPSA) is 124 Å². The number of H-pyrrole nitrogens is 1. The van der Waals surface area contributed by atoms with Crippen molar-refractivity contribution in [1.29, 1.82) is 0 Å². The third-order valence-corrected chi connectivity index (χ3v) is 5.59. The maximum Gasteiger partial charge on any atom is 0.267 e. The van der Waals surface area contributed by atoms with E-state index in [1.54, 1.807) is 19.2 Å². The Morgan fingerprint density at radius 1 is 1.27 bits per heavy atom. The summed E-state index contributed by atoms with van der Waals surface area (Å²) in [5, 5.41) is 25.1. The van der Waals surface area contributed by atoms with E-state index in [1.165, 1.54) is 11.0 Å². The summed E-state index contributed by atoms with van der Waals surface area (Å²) in [6.07, 6.45) is 0.685. The van der Waals surface area contributed by atoms with Gasteiger partial charge in [-0.3, -0.25) is 0 Å². The van der Waals surface area contributed by atoms with Gasteiger partial charge in [0, 0.05) is 13.5 Å². The van der Waals surface area contributed by atoms with Crippen LogP contribution in [0.4, 0.5) is 11.6 Å². The van der Waals surface area contributed by atoms with Gasteiger partial charge in [-0.15, -0.1) is 20.4 Å². The molecular formula is C16H20N6O3S. The van der Waals surface area contributed by atoms with Gasteiger partial charge in [-0.05, 0) is 30.5 Å². The minimum Gasteiger partial charge on any atom is -0.492 e. The lowest BCUT2D eigenvalue weighted by atomic mass is 10.1. The number of aromatic amines is 1. The molecule has 0 atom stereocenters. The second-order valence-corrected chi connectivity index (χ2v) is 8.39. The summed E-state index contributed by atoms with van der Waals surface area (Å²) in [7, 11) is -2.44. The molecule has 0 spiro atoms. The Labute approximate surface area is 151 Å². The molecule has 0 saturated heterocycles. The molecule has 0 radical (unpaired) electrons. The van der Waals surface area contributed by atoms with Gasteiger partial charge >= 0.3 is 0 Å². The van der Waals surface area contributed by atoms with E-state index >= 15 is 0 Å². The highest BCUT2D eigenvalue weighted by Crippen LogP contribution is 2.38. The van der Waals surface area contributed by atoms with Crippen molar-refractivity contribution >= 4 is 21.5 Å². The van der Waals surface area contributed by atoms with E-state index in [1.807, 2.05) is 20.8 Å². The monoisotopic (exact) mass is 376 g/mol. The van der Waals surface area contributed by atoms with Gasteiger partial charge < -0.3 is 15.0 Å². The zero-order valence-corrected chi connectivity index (χ0v) is 15.7. The van der Waals surface area contributed by atoms with Gasteiger partial charge in [-0.25, -0.2) is 8.42 Å². The van der Waals surface area contributed by atoms with Crippen molar-refractivity contribution < 1.29 is 13.5 Å². The predicted molar refractivity (Wildman–Crippen MR) is 95.9 cm³/mol. The summed E-state index contributed by atoms with van der Waals surface area (Å²) >= 11 is 0. The number of nitrogens with zero attached hydrogens (tertiary/aromatic N) is 5. The average Bonchev–Trinajstić information content (AvgIpc) is 2.99. The van der Waals surface area contributed by atoms with E-state index < -0.39 is 20.7 Å². The van der Waals surface area contributed by atoms with Gasteiger partial charge in [0.25, 0.3) is 5.95 Å². The van der Waals surface area contributed by atoms with Crippen molar-refractivity contribution in [2.45, 2.75) is 32.1 Å². The number of anilines is 1. The van der Waals surface area contributed by atoms with E-state index in [0.717, 1.165) is 5.56 Å². The number of azo groups is 1. The van der Waals surface area contributed by atoms with E-state index in [2.05, 4.69) is 25.4 Å². The highest BCUT2D eigenvalue weighted by atomic mass is 32.2. The smallest absolute Gasteiger partial charge is 0.267 e. The van der Waals surface area contributed by atoms with Crippen LogP contribution in [0.1, 0.15) is 25.2 Å². The van der Waals surface area contributed by atoms with Gasteiger partial charge in [0.05, 0.1) is 10.6 Å². The Morgan fingerprint density at radius 2 is 2.00 bits per heavy atom. The van der Waals surface area contributed by atoms with Crippen molar-refractivity contribution in [2.24, 2.45) is 16.1 Å². The summed E-state index contributed by atoms with van der Waals surface area (Å²) in [4.78, 5) is 4.30. The van der Waals surface area contributed by atoms with Crippen LogP contribution in [0, 0.1) is 12.8 Å². The first-order chi connectivity index (χ1) is 12.2. The Hall–Kier alpha value is -2.75. The lowest BCUT2D eigenvalue weighted by Crippen LogP contribution is -2.27. The molecule has 138 valence electrons. The first kappa shape index (κ1) is 18.1. The van der Waals surface area contributed by atoms with Crippen LogP contribution in [0.15, 0.2) is 44.2 Å². The quantitative estimate of drug-likeness (QED) is 0.791. The number of aliphatic hydroxyl groups excluding tert-OH is 1. The molecule has 0 aliphatic carbocycles. The number of hydrogen-bond acceptors (Lipinski definition) is 8. The van der Waals surface area contributed by atoms with Crippen LogP contribution in [0.3, 0.4) is 0 Å². The van der Waals surface area contributed by atoms with Crippen molar-refractivity contribution in [1.82, 2.24) is 15.2 Å². The molecule has 2 aromatic rings. The summed E-state index contributed by atoms with van der Waals surface area (Å²) in [6.45, 7) is 5.92. The molecule has 0 amide bonds. The average molecular weight is 376 g/mol. The summed E-state index contributed by atoms with van der Waals surface area (Å²) in [5.41, 5.74) is 1.27. The molecule has 2 N–H and O–H groups in total. The van der Waals surface area contributed by atoms with Gasteiger partial charge in [-0.2, -0.15) is 0 Å². The summed E-state index contributed by atoms with van der Waals surface area (Å²) in [6, 6.07) is 4.87. The van der Waals surface area contributed by atoms with E-state index in [-0.39, 0.29) is 10.8 Å². The molecule has 1 aromatic heterocycles. The number of nitrogens with one attached hydrogen (secondary N) is 1. The highest BCUT2D eigenvalue weighted by Gasteiger charge is 2.36. The minimum absolute atomic E-state index is 0.0652. The number of aromatic nitrogens is 3. The largest absolute Gasteiger partial charge is 0.492 e. The number of sulfone groups is 1. The van der Waals surface area contributed by atoms with Crippen LogP contribution in [0.25, 0.3) is 0 Å². The van der Waals surface area contributed by atoms with E-state index in [9.17, 15) is 13.5 Å². The van der Waals surface area contributed by atoms with Crippen molar-refractivity contribution in [2.75, 3.05) is 11.9 Å². The number of rotatable bonds is 4. The van der Waals surface area contributed by atoms with Gasteiger partial charge in [-0.1, -0.05) is 19.9 Å². The van der Waals surface area contributed by atoms with Gasteiger partial charge in [0.1, 0.15) is 5.82 Å². The number of hydrogen-bond donors (Lipinski definition) is 2. The third-order valence-electron chi connectivity index (χ3n) is 3.89. The molecule has 2 heterocycles. The van der Waals surface area contributed by atoms with Crippen LogP contribution >= 0.6 is 0 Å². The third kappa shape index (κ3) is 3.19. The summed E-state index contributed by atoms with van der Waals surface area (Å²) in [5.74, 6) is 0.602. The lowest BCUT2D eigenvalue weighted by Gasteiger charge is -2.26. The second-order valence-electron chi connectivity index (χ2n) is 6.56. The van der Waals surface area contributed by atoms with Crippen molar-refractivity contribution in [3.05, 3.63) is 40.5 Å². The molecule has 0 fully saturated rings. The fourth-order valence-corrected chi connectivity index (χ4v) is 4.05. The predicted octanol–water partition coefficient (Wildman–Crippen LogP) is 3.00. The molecule has 0 unspecified atom stereocenters. The van der Waals surface area contributed by atoms with Crippen LogP contribution in [-0.2, 0) is 16.3 Å². The first-order valence-electron chi connectivity index (χ1n) is 8.06. The number of aliphatic hydroxyl groups is 1. The Morgan fingerprint density at radius 3 is 2.69 bits per heavy atom. The van der Waals surface area contributed by atoms with Crippen molar-refractivity contribution in [3.8, 4) is 0 Å². The van der Waals surface area contributed by atoms with Crippen LogP contribution in [0.5, 0.6) is 0 Å². The van der Waals surface area contributed by atoms with Crippen LogP contribution in [-0.4, -0.2) is 35.8 Å². The number of fused-ring (bicyclic) bond motifs is 1. The zero-order valence-electron chi connectivity index (χ0n) is 14.9. The maximum atomic E-state index is 12.8. The molecule has 0 bridgehead atoms. The fraction of sp³-hybridized carbons (Fsp3) is 0.375. The highest BCUT2D eigenvalue weighted by molar-refractivity contribution is 7.95. The number of benzene rings is 1. The summed E-state index contributed by atoms with van der Waals surface area (Å²) < 4.78 is 25.6. The lowest BCUT2D eigenvalue weighted by molar-refractivity contribution is 0.389. The molecular weight excluding hydrogens is 356 g/mol. The maximum absolute atomic E-state index is 12.8. The molecule has 1 aliphatic rings. The molecule has 3 rings (SSSR count). The normalized spacial score (nSPS) is 16.6. The minimum atomic E-state index is -4.00. The second kappa shape index (κ2) is 6.52. The number of aryl methyl sites for hydroxylation is 1. The first-order valence-corrected chi connectivity index (χ1v) is 9.54. The molecule has 10 heteroatoms. The Balaban J connectivity index is 1.98. The van der Waals surface area contributed by atoms with Crippen molar-refractivity contribution in [3.63, 3.8) is 0 Å². The van der Waals surface area contributed by atoms with E-state index in [0.29, 0.717) is 23.9 Å². The Kier molecular flexibility index (Phi) is 4.53. The molecule has 1 aromatic carbocycles. The molecule has 26 heavy (non-hydrogen) atoms. The fourth-order valence-electron chi connectivity index (χ4n) is 2.60. The molecule has 0 saturated carbocycles. The molecule has 1 aliphatic heterocycles. The van der Waals surface area contributed by atoms with Gasteiger partial charge in [0.15, 0.2) is 0 Å².